The van der Waals surface area contributed by atoms with E-state index in [1.165, 1.54) is 12.1 Å². The van der Waals surface area contributed by atoms with Crippen LogP contribution in [0.5, 0.6) is 0 Å². The first-order valence-electron chi connectivity index (χ1n) is 6.75. The lowest BCUT2D eigenvalue weighted by molar-refractivity contribution is -0.0612. The number of rotatable bonds is 4. The van der Waals surface area contributed by atoms with E-state index in [4.69, 9.17) is 4.74 Å². The molecule has 1 saturated heterocycles. The van der Waals surface area contributed by atoms with Gasteiger partial charge in [0.2, 0.25) is 0 Å². The Balaban J connectivity index is 2.03. The van der Waals surface area contributed by atoms with Crippen molar-refractivity contribution in [2.24, 2.45) is 0 Å². The molecule has 1 unspecified atom stereocenters. The molecule has 106 valence electrons. The van der Waals surface area contributed by atoms with E-state index in [2.05, 4.69) is 4.90 Å². The van der Waals surface area contributed by atoms with Crippen LogP contribution in [0.4, 0.5) is 4.39 Å². The molecule has 1 aliphatic heterocycles. The number of benzene rings is 1. The molecule has 1 aromatic carbocycles. The van der Waals surface area contributed by atoms with Crippen LogP contribution < -0.4 is 0 Å². The largest absolute Gasteiger partial charge is 0.391 e. The van der Waals surface area contributed by atoms with Gasteiger partial charge in [0, 0.05) is 25.0 Å². The second kappa shape index (κ2) is 5.99. The van der Waals surface area contributed by atoms with Gasteiger partial charge in [0.1, 0.15) is 5.82 Å². The minimum Gasteiger partial charge on any atom is -0.391 e. The third-order valence-corrected chi connectivity index (χ3v) is 3.96. The first kappa shape index (κ1) is 14.4. The molecule has 19 heavy (non-hydrogen) atoms. The molecule has 0 bridgehead atoms. The van der Waals surface area contributed by atoms with Crippen molar-refractivity contribution < 1.29 is 14.2 Å². The second-order valence-corrected chi connectivity index (χ2v) is 5.60. The Morgan fingerprint density at radius 3 is 2.68 bits per heavy atom. The van der Waals surface area contributed by atoms with Gasteiger partial charge in [0.25, 0.3) is 0 Å². The quantitative estimate of drug-likeness (QED) is 0.903. The first-order chi connectivity index (χ1) is 9.00. The van der Waals surface area contributed by atoms with Crippen LogP contribution in [0.1, 0.15) is 19.4 Å². The number of aliphatic hydroxyl groups is 1. The highest BCUT2D eigenvalue weighted by Crippen LogP contribution is 2.23. The van der Waals surface area contributed by atoms with Crippen LogP contribution in [0.3, 0.4) is 0 Å². The average molecular weight is 267 g/mol. The lowest BCUT2D eigenvalue weighted by Gasteiger charge is -2.43. The van der Waals surface area contributed by atoms with Crippen LogP contribution in [0.2, 0.25) is 0 Å². The van der Waals surface area contributed by atoms with Gasteiger partial charge in [-0.1, -0.05) is 12.1 Å². The van der Waals surface area contributed by atoms with E-state index in [9.17, 15) is 9.50 Å². The maximum Gasteiger partial charge on any atom is 0.123 e. The summed E-state index contributed by atoms with van der Waals surface area (Å²) in [6.07, 6.45) is -0.0744. The van der Waals surface area contributed by atoms with Gasteiger partial charge < -0.3 is 9.84 Å². The first-order valence-corrected chi connectivity index (χ1v) is 6.75. The predicted octanol–water partition coefficient (Wildman–Crippen LogP) is 1.84. The zero-order valence-electron chi connectivity index (χ0n) is 11.6. The van der Waals surface area contributed by atoms with E-state index in [0.29, 0.717) is 19.6 Å². The van der Waals surface area contributed by atoms with Crippen LogP contribution in [-0.4, -0.2) is 48.0 Å². The number of hydrogen-bond acceptors (Lipinski definition) is 3. The second-order valence-electron chi connectivity index (χ2n) is 5.60. The summed E-state index contributed by atoms with van der Waals surface area (Å²) in [5, 5.41) is 10.5. The molecule has 0 spiro atoms. The van der Waals surface area contributed by atoms with E-state index in [1.807, 2.05) is 19.9 Å². The summed E-state index contributed by atoms with van der Waals surface area (Å²) in [5.74, 6) is -0.256. The number of ether oxygens (including phenoxy) is 1. The zero-order chi connectivity index (χ0) is 13.9. The van der Waals surface area contributed by atoms with Crippen molar-refractivity contribution in [1.29, 1.82) is 0 Å². The van der Waals surface area contributed by atoms with Crippen LogP contribution >= 0.6 is 0 Å². The van der Waals surface area contributed by atoms with Gasteiger partial charge in [-0.3, -0.25) is 4.90 Å². The Bertz CT molecular complexity index is 416. The molecule has 1 aromatic rings. The number of hydrogen-bond donors (Lipinski definition) is 1. The van der Waals surface area contributed by atoms with Gasteiger partial charge >= 0.3 is 0 Å². The fourth-order valence-electron chi connectivity index (χ4n) is 2.49. The molecule has 0 aromatic heterocycles. The van der Waals surface area contributed by atoms with Crippen molar-refractivity contribution in [2.45, 2.75) is 31.9 Å². The minimum atomic E-state index is -0.535. The number of aliphatic hydroxyl groups excluding tert-OH is 1. The number of nitrogens with zero attached hydrogens (tertiary/aromatic N) is 1. The molecule has 3 nitrogen and oxygen atoms in total. The minimum absolute atomic E-state index is 0.256. The Morgan fingerprint density at radius 2 is 2.05 bits per heavy atom. The molecule has 0 radical (unpaired) electrons. The van der Waals surface area contributed by atoms with Crippen molar-refractivity contribution in [2.75, 3.05) is 26.3 Å². The smallest absolute Gasteiger partial charge is 0.123 e. The average Bonchev–Trinajstić information content (AvgIpc) is 2.39. The molecule has 0 aliphatic carbocycles. The molecule has 1 fully saturated rings. The summed E-state index contributed by atoms with van der Waals surface area (Å²) in [6, 6.07) is 6.43. The summed E-state index contributed by atoms with van der Waals surface area (Å²) >= 11 is 0. The molecule has 0 saturated carbocycles. The van der Waals surface area contributed by atoms with Crippen molar-refractivity contribution >= 4 is 0 Å². The summed E-state index contributed by atoms with van der Waals surface area (Å²) in [6.45, 7) is 7.12. The van der Waals surface area contributed by atoms with E-state index in [-0.39, 0.29) is 11.4 Å². The van der Waals surface area contributed by atoms with Gasteiger partial charge in [0.15, 0.2) is 0 Å². The molecule has 4 heteroatoms. The standard InChI is InChI=1S/C15H22FNO2/c1-15(2,17-6-8-19-9-7-17)14(18)11-12-4-3-5-13(16)10-12/h3-5,10,14,18H,6-9,11H2,1-2H3. The molecule has 2 rings (SSSR count). The number of morpholine rings is 1. The van der Waals surface area contributed by atoms with Crippen molar-refractivity contribution in [3.63, 3.8) is 0 Å². The Hall–Kier alpha value is -0.970. The van der Waals surface area contributed by atoms with Crippen LogP contribution in [0.15, 0.2) is 24.3 Å². The fraction of sp³-hybridized carbons (Fsp3) is 0.600. The molecule has 1 heterocycles. The van der Waals surface area contributed by atoms with Gasteiger partial charge in [-0.25, -0.2) is 4.39 Å². The van der Waals surface area contributed by atoms with Gasteiger partial charge in [-0.2, -0.15) is 0 Å². The van der Waals surface area contributed by atoms with Crippen LogP contribution in [-0.2, 0) is 11.2 Å². The Labute approximate surface area is 114 Å². The third kappa shape index (κ3) is 3.53. The molecule has 1 atom stereocenters. The maximum absolute atomic E-state index is 13.2. The SMILES string of the molecule is CC(C)(C(O)Cc1cccc(F)c1)N1CCOCC1. The lowest BCUT2D eigenvalue weighted by atomic mass is 9.89. The highest BCUT2D eigenvalue weighted by molar-refractivity contribution is 5.18. The van der Waals surface area contributed by atoms with Gasteiger partial charge in [0.05, 0.1) is 19.3 Å². The predicted molar refractivity (Wildman–Crippen MR) is 72.6 cm³/mol. The molecule has 1 aliphatic rings. The topological polar surface area (TPSA) is 32.7 Å². The highest BCUT2D eigenvalue weighted by atomic mass is 19.1. The Morgan fingerprint density at radius 1 is 1.37 bits per heavy atom. The molecule has 0 amide bonds. The van der Waals surface area contributed by atoms with E-state index >= 15 is 0 Å². The zero-order valence-corrected chi connectivity index (χ0v) is 11.6. The summed E-state index contributed by atoms with van der Waals surface area (Å²) in [4.78, 5) is 2.24. The van der Waals surface area contributed by atoms with Crippen LogP contribution in [0, 0.1) is 5.82 Å². The summed E-state index contributed by atoms with van der Waals surface area (Å²) in [7, 11) is 0. The van der Waals surface area contributed by atoms with E-state index < -0.39 is 6.10 Å². The van der Waals surface area contributed by atoms with Crippen molar-refractivity contribution in [1.82, 2.24) is 4.90 Å². The fourth-order valence-corrected chi connectivity index (χ4v) is 2.49. The maximum atomic E-state index is 13.2. The lowest BCUT2D eigenvalue weighted by Crippen LogP contribution is -2.56. The number of halogens is 1. The van der Waals surface area contributed by atoms with Gasteiger partial charge in [-0.15, -0.1) is 0 Å². The summed E-state index contributed by atoms with van der Waals surface area (Å²) < 4.78 is 18.5. The van der Waals surface area contributed by atoms with Crippen molar-refractivity contribution in [3.8, 4) is 0 Å². The van der Waals surface area contributed by atoms with Crippen molar-refractivity contribution in [3.05, 3.63) is 35.6 Å². The van der Waals surface area contributed by atoms with E-state index in [1.54, 1.807) is 6.07 Å². The van der Waals surface area contributed by atoms with E-state index in [0.717, 1.165) is 18.7 Å². The Kier molecular flexibility index (Phi) is 4.55. The summed E-state index contributed by atoms with van der Waals surface area (Å²) in [5.41, 5.74) is 0.490. The molecular weight excluding hydrogens is 245 g/mol. The normalized spacial score (nSPS) is 19.4. The third-order valence-electron chi connectivity index (χ3n) is 3.96. The molecule has 1 N–H and O–H groups in total. The van der Waals surface area contributed by atoms with Crippen LogP contribution in [0.25, 0.3) is 0 Å². The highest BCUT2D eigenvalue weighted by Gasteiger charge is 2.35. The molecular formula is C15H22FNO2. The monoisotopic (exact) mass is 267 g/mol. The van der Waals surface area contributed by atoms with Gasteiger partial charge in [-0.05, 0) is 31.5 Å².